The highest BCUT2D eigenvalue weighted by molar-refractivity contribution is 7.26. The van der Waals surface area contributed by atoms with Crippen LogP contribution in [-0.4, -0.2) is 11.2 Å². The number of halogens is 3. The molecule has 3 heterocycles. The molecular formula is C33H38F3N2S+. The van der Waals surface area contributed by atoms with Crippen molar-refractivity contribution < 1.29 is 17.7 Å². The molecule has 206 valence electrons. The Labute approximate surface area is 233 Å². The summed E-state index contributed by atoms with van der Waals surface area (Å²) in [5, 5.41) is 1.02. The molecule has 39 heavy (non-hydrogen) atoms. The minimum absolute atomic E-state index is 0.0113. The Bertz CT molecular complexity index is 1660. The third-order valence-electron chi connectivity index (χ3n) is 9.84. The number of hydrogen-bond acceptors (Lipinski definition) is 2. The molecule has 2 atom stereocenters. The number of aromatic nitrogens is 2. The number of hydrogen-bond donors (Lipinski definition) is 0. The Morgan fingerprint density at radius 1 is 1.00 bits per heavy atom. The van der Waals surface area contributed by atoms with Gasteiger partial charge in [-0.25, -0.2) is 4.57 Å². The molecule has 0 bridgehead atoms. The topological polar surface area (TPSA) is 16.8 Å². The first-order chi connectivity index (χ1) is 18.1. The molecule has 2 aromatic heterocycles. The minimum Gasteiger partial charge on any atom is -0.222 e. The predicted octanol–water partition coefficient (Wildman–Crippen LogP) is 9.31. The van der Waals surface area contributed by atoms with Crippen LogP contribution in [0.2, 0.25) is 0 Å². The van der Waals surface area contributed by atoms with Gasteiger partial charge < -0.3 is 0 Å². The van der Waals surface area contributed by atoms with E-state index in [9.17, 15) is 13.2 Å². The zero-order valence-corrected chi connectivity index (χ0v) is 25.0. The summed E-state index contributed by atoms with van der Waals surface area (Å²) in [6.45, 7) is 16.2. The largest absolute Gasteiger partial charge is 0.394 e. The first kappa shape index (κ1) is 26.7. The Morgan fingerprint density at radius 2 is 1.72 bits per heavy atom. The second-order valence-corrected chi connectivity index (χ2v) is 14.6. The van der Waals surface area contributed by atoms with Gasteiger partial charge in [-0.2, -0.15) is 13.2 Å². The first-order valence-corrected chi connectivity index (χ1v) is 14.9. The van der Waals surface area contributed by atoms with Gasteiger partial charge in [-0.1, -0.05) is 60.6 Å². The molecule has 6 heteroatoms. The van der Waals surface area contributed by atoms with E-state index in [0.717, 1.165) is 39.6 Å². The summed E-state index contributed by atoms with van der Waals surface area (Å²) >= 11 is 1.68. The van der Waals surface area contributed by atoms with E-state index in [-0.39, 0.29) is 22.8 Å². The molecule has 2 nitrogen and oxygen atoms in total. The molecule has 6 rings (SSSR count). The maximum Gasteiger partial charge on any atom is 0.394 e. The molecule has 0 N–H and O–H groups in total. The van der Waals surface area contributed by atoms with Crippen LogP contribution in [0, 0.1) is 12.3 Å². The van der Waals surface area contributed by atoms with E-state index in [4.69, 9.17) is 4.98 Å². The number of rotatable bonds is 4. The van der Waals surface area contributed by atoms with E-state index in [1.165, 1.54) is 41.8 Å². The molecule has 1 saturated carbocycles. The van der Waals surface area contributed by atoms with E-state index in [0.29, 0.717) is 5.56 Å². The lowest BCUT2D eigenvalue weighted by Crippen LogP contribution is -2.55. The molecule has 2 aliphatic rings. The zero-order valence-electron chi connectivity index (χ0n) is 24.2. The van der Waals surface area contributed by atoms with Gasteiger partial charge in [-0.05, 0) is 77.0 Å². The molecule has 2 aromatic carbocycles. The lowest BCUT2D eigenvalue weighted by Gasteiger charge is -2.34. The van der Waals surface area contributed by atoms with Gasteiger partial charge in [-0.15, -0.1) is 11.3 Å². The maximum absolute atomic E-state index is 13.6. The van der Waals surface area contributed by atoms with Crippen LogP contribution in [0.4, 0.5) is 13.2 Å². The smallest absolute Gasteiger partial charge is 0.222 e. The van der Waals surface area contributed by atoms with Gasteiger partial charge in [0.2, 0.25) is 5.52 Å². The van der Waals surface area contributed by atoms with Crippen LogP contribution in [0.5, 0.6) is 0 Å². The summed E-state index contributed by atoms with van der Waals surface area (Å²) in [7, 11) is 0. The molecule has 0 amide bonds. The van der Waals surface area contributed by atoms with Crippen LogP contribution in [-0.2, 0) is 22.8 Å². The van der Waals surface area contributed by atoms with E-state index >= 15 is 0 Å². The monoisotopic (exact) mass is 551 g/mol. The van der Waals surface area contributed by atoms with Gasteiger partial charge in [0.1, 0.15) is 10.2 Å². The molecule has 1 aliphatic carbocycles. The van der Waals surface area contributed by atoms with E-state index in [1.54, 1.807) is 11.3 Å². The van der Waals surface area contributed by atoms with Gasteiger partial charge >= 0.3 is 6.18 Å². The van der Waals surface area contributed by atoms with Crippen molar-refractivity contribution >= 4 is 31.6 Å². The third kappa shape index (κ3) is 3.52. The van der Waals surface area contributed by atoms with E-state index < -0.39 is 11.6 Å². The minimum atomic E-state index is -4.25. The van der Waals surface area contributed by atoms with Crippen LogP contribution in [0.15, 0.2) is 36.7 Å². The molecule has 1 fully saturated rings. The quantitative estimate of drug-likeness (QED) is 0.231. The van der Waals surface area contributed by atoms with Crippen molar-refractivity contribution in [3.8, 4) is 11.3 Å². The second-order valence-electron chi connectivity index (χ2n) is 13.6. The lowest BCUT2D eigenvalue weighted by molar-refractivity contribution is -0.737. The fourth-order valence-corrected chi connectivity index (χ4v) is 8.66. The highest BCUT2D eigenvalue weighted by atomic mass is 32.1. The van der Waals surface area contributed by atoms with Crippen molar-refractivity contribution in [2.75, 3.05) is 0 Å². The van der Waals surface area contributed by atoms with E-state index in [2.05, 4.69) is 58.2 Å². The van der Waals surface area contributed by atoms with Crippen molar-refractivity contribution in [3.63, 3.8) is 0 Å². The average molecular weight is 552 g/mol. The Hall–Kier alpha value is -2.47. The van der Waals surface area contributed by atoms with Crippen LogP contribution in [0.1, 0.15) is 90.0 Å². The summed E-state index contributed by atoms with van der Waals surface area (Å²) in [6, 6.07) is 10.6. The number of fused-ring (bicyclic) bond motifs is 10. The number of aryl methyl sites for hydroxylation is 1. The Balaban J connectivity index is 1.63. The van der Waals surface area contributed by atoms with Gasteiger partial charge in [-0.3, -0.25) is 0 Å². The summed E-state index contributed by atoms with van der Waals surface area (Å²) in [5.41, 5.74) is 6.71. The molecule has 1 aliphatic heterocycles. The Kier molecular flexibility index (Phi) is 5.52. The van der Waals surface area contributed by atoms with Crippen LogP contribution in [0.3, 0.4) is 0 Å². The third-order valence-corrected chi connectivity index (χ3v) is 11.0. The van der Waals surface area contributed by atoms with Crippen molar-refractivity contribution in [3.05, 3.63) is 58.9 Å². The predicted molar refractivity (Wildman–Crippen MR) is 155 cm³/mol. The highest BCUT2D eigenvalue weighted by Gasteiger charge is 2.74. The van der Waals surface area contributed by atoms with Crippen molar-refractivity contribution in [1.29, 1.82) is 0 Å². The summed E-state index contributed by atoms with van der Waals surface area (Å²) in [4.78, 5) is 5.02. The fourth-order valence-electron chi connectivity index (χ4n) is 7.39. The fraction of sp³-hybridized carbons (Fsp3) is 0.515. The number of benzene rings is 2. The van der Waals surface area contributed by atoms with Crippen molar-refractivity contribution in [1.82, 2.24) is 4.98 Å². The van der Waals surface area contributed by atoms with Gasteiger partial charge in [0.25, 0.3) is 6.33 Å². The number of alkyl halides is 3. The molecule has 2 unspecified atom stereocenters. The molecule has 0 spiro atoms. The van der Waals surface area contributed by atoms with Crippen molar-refractivity contribution in [2.45, 2.75) is 104 Å². The highest BCUT2D eigenvalue weighted by Crippen LogP contribution is 2.68. The standard InChI is InChI=1S/C33H38F3N2S/c1-9-31-17-32(31,10-2)38-18-37-26-22-12-11-20(16-30(7,8)33(34,35)36)14-24(22)39-28(26)27(38)23-15-21(29(4,5)6)13-19(3)25(23)31/h11-15,18H,9-10,16-17H2,1-8H3/q+1. The zero-order chi connectivity index (χ0) is 28.3. The molecular weight excluding hydrogens is 513 g/mol. The average Bonchev–Trinajstić information content (AvgIpc) is 3.40. The Morgan fingerprint density at radius 3 is 2.33 bits per heavy atom. The SMILES string of the molecule is CCC12CC1(CC)[n+]1cnc3c(sc4cc(CC(C)(C)C(F)(F)F)ccc43)c1-c1cc(C(C)(C)C)cc(C)c12. The van der Waals surface area contributed by atoms with Gasteiger partial charge in [0.15, 0.2) is 5.69 Å². The number of thiophene rings is 1. The van der Waals surface area contributed by atoms with Crippen molar-refractivity contribution in [2.24, 2.45) is 5.41 Å². The molecule has 0 saturated heterocycles. The van der Waals surface area contributed by atoms with Crippen LogP contribution >= 0.6 is 11.3 Å². The van der Waals surface area contributed by atoms with E-state index in [1.807, 2.05) is 24.5 Å². The van der Waals surface area contributed by atoms with Gasteiger partial charge in [0, 0.05) is 27.5 Å². The van der Waals surface area contributed by atoms with Crippen LogP contribution in [0.25, 0.3) is 31.6 Å². The maximum atomic E-state index is 13.6. The normalized spacial score (nSPS) is 22.6. The molecule has 4 aromatic rings. The van der Waals surface area contributed by atoms with Crippen LogP contribution < -0.4 is 4.57 Å². The summed E-state index contributed by atoms with van der Waals surface area (Å²) in [6.07, 6.45) is 0.980. The summed E-state index contributed by atoms with van der Waals surface area (Å²) < 4.78 is 45.5. The number of nitrogens with zero attached hydrogens (tertiary/aromatic N) is 2. The first-order valence-electron chi connectivity index (χ1n) is 14.1. The second kappa shape index (κ2) is 8.05. The van der Waals surface area contributed by atoms with Gasteiger partial charge in [0.05, 0.1) is 5.41 Å². The lowest BCUT2D eigenvalue weighted by atomic mass is 9.74. The molecule has 0 radical (unpaired) electrons. The summed E-state index contributed by atoms with van der Waals surface area (Å²) in [5.74, 6) is 0.